The lowest BCUT2D eigenvalue weighted by molar-refractivity contribution is 0.0374. The molecule has 0 N–H and O–H groups in total. The van der Waals surface area contributed by atoms with Gasteiger partial charge in [-0.3, -0.25) is 9.59 Å². The molecule has 1 aromatic heterocycles. The quantitative estimate of drug-likeness (QED) is 0.755. The van der Waals surface area contributed by atoms with E-state index in [4.69, 9.17) is 4.74 Å². The van der Waals surface area contributed by atoms with Gasteiger partial charge in [0.05, 0.1) is 18.4 Å². The summed E-state index contributed by atoms with van der Waals surface area (Å²) in [7, 11) is 1.62. The van der Waals surface area contributed by atoms with Crippen LogP contribution < -0.4 is 4.74 Å². The third-order valence-corrected chi connectivity index (χ3v) is 6.64. The number of aromatic nitrogens is 2. The van der Waals surface area contributed by atoms with Gasteiger partial charge in [-0.05, 0) is 63.1 Å². The van der Waals surface area contributed by atoms with E-state index in [1.165, 1.54) is 6.33 Å². The van der Waals surface area contributed by atoms with Crippen LogP contribution in [0.25, 0.3) is 0 Å². The molecule has 2 amide bonds. The Balaban J connectivity index is 1.43. The van der Waals surface area contributed by atoms with Gasteiger partial charge in [0.15, 0.2) is 0 Å². The number of amides is 2. The summed E-state index contributed by atoms with van der Waals surface area (Å²) in [5.74, 6) is 1.20. The molecule has 0 spiro atoms. The highest BCUT2D eigenvalue weighted by atomic mass is 16.5. The normalized spacial score (nSPS) is 19.9. The van der Waals surface area contributed by atoms with Crippen LogP contribution in [0.4, 0.5) is 0 Å². The van der Waals surface area contributed by atoms with Gasteiger partial charge in [-0.1, -0.05) is 6.07 Å². The minimum absolute atomic E-state index is 0.00417. The molecule has 0 saturated carbocycles. The van der Waals surface area contributed by atoms with Crippen molar-refractivity contribution in [3.05, 3.63) is 53.6 Å². The topological polar surface area (TPSA) is 75.6 Å². The fourth-order valence-corrected chi connectivity index (χ4v) is 4.88. The van der Waals surface area contributed by atoms with Crippen LogP contribution in [0.5, 0.6) is 5.75 Å². The largest absolute Gasteiger partial charge is 0.497 e. The second-order valence-electron chi connectivity index (χ2n) is 8.45. The fraction of sp³-hybridized carbons (Fsp3) is 0.500. The number of ether oxygens (including phenoxy) is 1. The monoisotopic (exact) mass is 422 g/mol. The molecule has 7 nitrogen and oxygen atoms in total. The SMILES string of the molecule is COc1cccc(C(=O)N2CCCC[C@@H]2C2CCN(C(=O)c3cncnc3C)CC2)c1. The van der Waals surface area contributed by atoms with Crippen molar-refractivity contribution in [1.29, 1.82) is 0 Å². The second-order valence-corrected chi connectivity index (χ2v) is 8.45. The van der Waals surface area contributed by atoms with Crippen LogP contribution >= 0.6 is 0 Å². The maximum Gasteiger partial charge on any atom is 0.257 e. The van der Waals surface area contributed by atoms with Crippen LogP contribution in [0.2, 0.25) is 0 Å². The lowest BCUT2D eigenvalue weighted by Gasteiger charge is -2.43. The van der Waals surface area contributed by atoms with Crippen LogP contribution in [0.3, 0.4) is 0 Å². The van der Waals surface area contributed by atoms with Crippen molar-refractivity contribution in [1.82, 2.24) is 19.8 Å². The van der Waals surface area contributed by atoms with Crippen LogP contribution in [0.15, 0.2) is 36.8 Å². The fourth-order valence-electron chi connectivity index (χ4n) is 4.88. The summed E-state index contributed by atoms with van der Waals surface area (Å²) in [6.07, 6.45) is 8.10. The van der Waals surface area contributed by atoms with Gasteiger partial charge in [0.1, 0.15) is 12.1 Å². The standard InChI is InChI=1S/C24H30N4O3/c1-17-21(15-25-16-26-17)24(30)27-12-9-18(10-13-27)22-8-3-4-11-28(22)23(29)19-6-5-7-20(14-19)31-2/h5-7,14-16,18,22H,3-4,8-13H2,1-2H3/t22-/m1/s1. The third kappa shape index (κ3) is 4.55. The van der Waals surface area contributed by atoms with E-state index in [9.17, 15) is 9.59 Å². The number of hydrogen-bond donors (Lipinski definition) is 0. The minimum Gasteiger partial charge on any atom is -0.497 e. The van der Waals surface area contributed by atoms with Crippen LogP contribution in [0.1, 0.15) is 58.5 Å². The van der Waals surface area contributed by atoms with Crippen molar-refractivity contribution in [3.63, 3.8) is 0 Å². The van der Waals surface area contributed by atoms with E-state index in [1.54, 1.807) is 13.3 Å². The molecule has 1 atom stereocenters. The van der Waals surface area contributed by atoms with E-state index in [-0.39, 0.29) is 17.9 Å². The van der Waals surface area contributed by atoms with E-state index < -0.39 is 0 Å². The van der Waals surface area contributed by atoms with Gasteiger partial charge < -0.3 is 14.5 Å². The first kappa shape index (κ1) is 21.3. The number of benzene rings is 1. The van der Waals surface area contributed by atoms with Gasteiger partial charge in [0, 0.05) is 37.4 Å². The van der Waals surface area contributed by atoms with Gasteiger partial charge in [0.25, 0.3) is 11.8 Å². The average Bonchev–Trinajstić information content (AvgIpc) is 2.83. The molecule has 2 saturated heterocycles. The van der Waals surface area contributed by atoms with E-state index in [1.807, 2.05) is 36.1 Å². The molecule has 7 heteroatoms. The van der Waals surface area contributed by atoms with Crippen molar-refractivity contribution in [2.75, 3.05) is 26.7 Å². The van der Waals surface area contributed by atoms with Crippen LogP contribution in [-0.2, 0) is 0 Å². The Morgan fingerprint density at radius 2 is 1.87 bits per heavy atom. The van der Waals surface area contributed by atoms with E-state index in [0.29, 0.717) is 41.6 Å². The summed E-state index contributed by atoms with van der Waals surface area (Å²) in [6, 6.07) is 7.63. The molecule has 2 aromatic rings. The number of methoxy groups -OCH3 is 1. The van der Waals surface area contributed by atoms with Crippen molar-refractivity contribution in [2.45, 2.75) is 45.1 Å². The van der Waals surface area contributed by atoms with Crippen molar-refractivity contribution in [2.24, 2.45) is 5.92 Å². The summed E-state index contributed by atoms with van der Waals surface area (Å²) in [4.78, 5) is 38.3. The number of hydrogen-bond acceptors (Lipinski definition) is 5. The molecule has 3 heterocycles. The molecule has 31 heavy (non-hydrogen) atoms. The Labute approximate surface area is 183 Å². The Hall–Kier alpha value is -2.96. The number of aryl methyl sites for hydroxylation is 1. The molecule has 4 rings (SSSR count). The minimum atomic E-state index is 0.00417. The molecule has 0 bridgehead atoms. The molecule has 0 unspecified atom stereocenters. The zero-order valence-corrected chi connectivity index (χ0v) is 18.3. The lowest BCUT2D eigenvalue weighted by Crippen LogP contribution is -2.51. The summed E-state index contributed by atoms with van der Waals surface area (Å²) >= 11 is 0. The number of likely N-dealkylation sites (tertiary alicyclic amines) is 2. The maximum atomic E-state index is 13.3. The van der Waals surface area contributed by atoms with Gasteiger partial charge in [-0.25, -0.2) is 9.97 Å². The predicted octanol–water partition coefficient (Wildman–Crippen LogP) is 3.34. The number of carbonyl (C=O) groups is 2. The summed E-state index contributed by atoms with van der Waals surface area (Å²) in [5.41, 5.74) is 1.97. The highest BCUT2D eigenvalue weighted by Gasteiger charge is 2.36. The Bertz CT molecular complexity index is 940. The molecule has 2 fully saturated rings. The zero-order chi connectivity index (χ0) is 21.8. The van der Waals surface area contributed by atoms with Gasteiger partial charge in [-0.2, -0.15) is 0 Å². The molecule has 2 aliphatic heterocycles. The first-order valence-electron chi connectivity index (χ1n) is 11.1. The molecule has 164 valence electrons. The van der Waals surface area contributed by atoms with Gasteiger partial charge in [0.2, 0.25) is 0 Å². The third-order valence-electron chi connectivity index (χ3n) is 6.64. The summed E-state index contributed by atoms with van der Waals surface area (Å²) in [6.45, 7) is 4.04. The zero-order valence-electron chi connectivity index (χ0n) is 18.3. The smallest absolute Gasteiger partial charge is 0.257 e. The molecular formula is C24H30N4O3. The number of nitrogens with zero attached hydrogens (tertiary/aromatic N) is 4. The van der Waals surface area contributed by atoms with E-state index in [0.717, 1.165) is 38.6 Å². The average molecular weight is 423 g/mol. The molecule has 0 aliphatic carbocycles. The lowest BCUT2D eigenvalue weighted by atomic mass is 9.83. The first-order chi connectivity index (χ1) is 15.1. The summed E-state index contributed by atoms with van der Waals surface area (Å²) in [5, 5.41) is 0. The predicted molar refractivity (Wildman–Crippen MR) is 117 cm³/mol. The van der Waals surface area contributed by atoms with Crippen molar-refractivity contribution < 1.29 is 14.3 Å². The Morgan fingerprint density at radius 3 is 2.61 bits per heavy atom. The number of carbonyl (C=O) groups excluding carboxylic acids is 2. The van der Waals surface area contributed by atoms with E-state index >= 15 is 0 Å². The maximum absolute atomic E-state index is 13.3. The highest BCUT2D eigenvalue weighted by molar-refractivity contribution is 5.95. The molecular weight excluding hydrogens is 392 g/mol. The molecule has 0 radical (unpaired) electrons. The van der Waals surface area contributed by atoms with Gasteiger partial charge in [-0.15, -0.1) is 0 Å². The van der Waals surface area contributed by atoms with Crippen molar-refractivity contribution >= 4 is 11.8 Å². The molecule has 2 aliphatic rings. The van der Waals surface area contributed by atoms with Crippen molar-refractivity contribution in [3.8, 4) is 5.75 Å². The number of rotatable bonds is 4. The molecule has 1 aromatic carbocycles. The highest BCUT2D eigenvalue weighted by Crippen LogP contribution is 2.32. The van der Waals surface area contributed by atoms with E-state index in [2.05, 4.69) is 14.9 Å². The first-order valence-corrected chi connectivity index (χ1v) is 11.1. The number of piperidine rings is 2. The summed E-state index contributed by atoms with van der Waals surface area (Å²) < 4.78 is 5.30. The Kier molecular flexibility index (Phi) is 6.49. The Morgan fingerprint density at radius 1 is 1.06 bits per heavy atom. The second kappa shape index (κ2) is 9.45. The van der Waals surface area contributed by atoms with Crippen LogP contribution in [-0.4, -0.2) is 64.4 Å². The van der Waals surface area contributed by atoms with Gasteiger partial charge >= 0.3 is 0 Å². The van der Waals surface area contributed by atoms with Crippen LogP contribution in [0, 0.1) is 12.8 Å².